The topological polar surface area (TPSA) is 99.5 Å². The zero-order valence-corrected chi connectivity index (χ0v) is 16.4. The normalized spacial score (nSPS) is 15.6. The molecule has 2 heterocycles. The lowest BCUT2D eigenvalue weighted by atomic mass is 9.95. The molecule has 0 radical (unpaired) electrons. The van der Waals surface area contributed by atoms with Crippen molar-refractivity contribution in [3.05, 3.63) is 76.0 Å². The van der Waals surface area contributed by atoms with Crippen molar-refractivity contribution in [1.82, 2.24) is 4.98 Å². The van der Waals surface area contributed by atoms with E-state index in [4.69, 9.17) is 11.6 Å². The minimum absolute atomic E-state index is 0.0365. The second kappa shape index (κ2) is 6.74. The quantitative estimate of drug-likeness (QED) is 0.278. The van der Waals surface area contributed by atoms with Crippen LogP contribution in [-0.2, 0) is 0 Å². The number of hydrogen-bond donors (Lipinski definition) is 2. The van der Waals surface area contributed by atoms with Crippen LogP contribution in [0.3, 0.4) is 0 Å². The minimum atomic E-state index is -0.469. The molecule has 1 atom stereocenters. The Morgan fingerprint density at radius 2 is 1.97 bits per heavy atom. The molecule has 1 unspecified atom stereocenters. The van der Waals surface area contributed by atoms with Gasteiger partial charge < -0.3 is 15.0 Å². The van der Waals surface area contributed by atoms with E-state index in [0.717, 1.165) is 16.3 Å². The van der Waals surface area contributed by atoms with E-state index in [-0.39, 0.29) is 23.3 Å². The molecule has 0 spiro atoms. The highest BCUT2D eigenvalue weighted by Gasteiger charge is 2.35. The highest BCUT2D eigenvalue weighted by molar-refractivity contribution is 6.19. The van der Waals surface area contributed by atoms with Crippen LogP contribution in [0.1, 0.15) is 22.0 Å². The molecule has 0 aliphatic carbocycles. The van der Waals surface area contributed by atoms with Crippen LogP contribution >= 0.6 is 11.6 Å². The summed E-state index contributed by atoms with van der Waals surface area (Å²) in [6, 6.07) is 15.1. The standard InChI is InChI=1S/C22H16ClN3O4/c23-10-13-11-25(19-9-20(27)15-3-1-2-4-16(15)21(13)19)22(28)18-8-12-7-14(26(29)30)5-6-17(12)24-18/h1-9,13,24,27H,10-11H2. The number of amides is 1. The lowest BCUT2D eigenvalue weighted by Gasteiger charge is -2.17. The fraction of sp³-hybridized carbons (Fsp3) is 0.136. The van der Waals surface area contributed by atoms with Gasteiger partial charge in [-0.3, -0.25) is 14.9 Å². The summed E-state index contributed by atoms with van der Waals surface area (Å²) in [7, 11) is 0. The number of H-pyrrole nitrogens is 1. The second-order valence-corrected chi connectivity index (χ2v) is 7.66. The number of nitro benzene ring substituents is 1. The van der Waals surface area contributed by atoms with Gasteiger partial charge in [-0.1, -0.05) is 24.3 Å². The molecule has 2 N–H and O–H groups in total. The summed E-state index contributed by atoms with van der Waals surface area (Å²) < 4.78 is 0. The number of aromatic hydroxyl groups is 1. The fourth-order valence-electron chi connectivity index (χ4n) is 4.24. The van der Waals surface area contributed by atoms with Gasteiger partial charge in [-0.05, 0) is 23.1 Å². The Balaban J connectivity index is 1.61. The van der Waals surface area contributed by atoms with Gasteiger partial charge in [0.15, 0.2) is 0 Å². The summed E-state index contributed by atoms with van der Waals surface area (Å²) in [6.45, 7) is 0.390. The number of nitrogens with zero attached hydrogens (tertiary/aromatic N) is 2. The van der Waals surface area contributed by atoms with Crippen LogP contribution in [0.4, 0.5) is 11.4 Å². The average Bonchev–Trinajstić information content (AvgIpc) is 3.34. The van der Waals surface area contributed by atoms with Crippen LogP contribution in [0.15, 0.2) is 54.6 Å². The predicted octanol–water partition coefficient (Wildman–Crippen LogP) is 4.92. The predicted molar refractivity (Wildman–Crippen MR) is 116 cm³/mol. The van der Waals surface area contributed by atoms with Crippen LogP contribution in [0, 0.1) is 10.1 Å². The first-order valence-corrected chi connectivity index (χ1v) is 9.91. The number of fused-ring (bicyclic) bond motifs is 4. The number of phenols is 1. The molecule has 1 aliphatic heterocycles. The summed E-state index contributed by atoms with van der Waals surface area (Å²) in [6.07, 6.45) is 0. The van der Waals surface area contributed by atoms with Crippen molar-refractivity contribution in [2.24, 2.45) is 0 Å². The number of alkyl halides is 1. The van der Waals surface area contributed by atoms with Gasteiger partial charge in [0.2, 0.25) is 0 Å². The van der Waals surface area contributed by atoms with Crippen molar-refractivity contribution in [3.8, 4) is 5.75 Å². The fourth-order valence-corrected chi connectivity index (χ4v) is 4.49. The number of aromatic amines is 1. The SMILES string of the molecule is O=C(c1cc2cc([N+](=O)[O-])ccc2[nH]1)N1CC(CCl)c2c1cc(O)c1ccccc21. The number of carbonyl (C=O) groups excluding carboxylic acids is 1. The first-order chi connectivity index (χ1) is 14.5. The van der Waals surface area contributed by atoms with E-state index in [0.29, 0.717) is 34.7 Å². The number of carbonyl (C=O) groups is 1. The van der Waals surface area contributed by atoms with Crippen LogP contribution in [0.2, 0.25) is 0 Å². The molecule has 8 heteroatoms. The summed E-state index contributed by atoms with van der Waals surface area (Å²) in [5.41, 5.74) is 2.49. The third-order valence-corrected chi connectivity index (χ3v) is 5.99. The Morgan fingerprint density at radius 3 is 2.70 bits per heavy atom. The zero-order chi connectivity index (χ0) is 21.0. The maximum absolute atomic E-state index is 13.3. The van der Waals surface area contributed by atoms with Crippen LogP contribution < -0.4 is 4.90 Å². The van der Waals surface area contributed by atoms with E-state index >= 15 is 0 Å². The molecule has 5 rings (SSSR count). The van der Waals surface area contributed by atoms with E-state index < -0.39 is 4.92 Å². The molecule has 0 saturated carbocycles. The van der Waals surface area contributed by atoms with Gasteiger partial charge in [0.05, 0.1) is 10.6 Å². The first kappa shape index (κ1) is 18.4. The van der Waals surface area contributed by atoms with Crippen LogP contribution in [0.5, 0.6) is 5.75 Å². The van der Waals surface area contributed by atoms with E-state index in [9.17, 15) is 20.0 Å². The Labute approximate surface area is 175 Å². The van der Waals surface area contributed by atoms with Gasteiger partial charge in [-0.15, -0.1) is 11.6 Å². The smallest absolute Gasteiger partial charge is 0.274 e. The van der Waals surface area contributed by atoms with Gasteiger partial charge in [-0.25, -0.2) is 0 Å². The Morgan fingerprint density at radius 1 is 1.20 bits per heavy atom. The summed E-state index contributed by atoms with van der Waals surface area (Å²) in [4.78, 5) is 28.5. The number of benzene rings is 3. The summed E-state index contributed by atoms with van der Waals surface area (Å²) in [5.74, 6) is 0.0911. The third-order valence-electron chi connectivity index (χ3n) is 5.62. The van der Waals surface area contributed by atoms with Crippen molar-refractivity contribution in [2.45, 2.75) is 5.92 Å². The highest BCUT2D eigenvalue weighted by atomic mass is 35.5. The number of anilines is 1. The number of phenolic OH excluding ortho intramolecular Hbond substituents is 1. The lowest BCUT2D eigenvalue weighted by Crippen LogP contribution is -2.30. The Hall–Kier alpha value is -3.58. The van der Waals surface area contributed by atoms with Crippen LogP contribution in [-0.4, -0.2) is 33.3 Å². The van der Waals surface area contributed by atoms with Crippen molar-refractivity contribution < 1.29 is 14.8 Å². The van der Waals surface area contributed by atoms with Gasteiger partial charge >= 0.3 is 0 Å². The summed E-state index contributed by atoms with van der Waals surface area (Å²) in [5, 5.41) is 23.7. The van der Waals surface area contributed by atoms with E-state index in [1.807, 2.05) is 24.3 Å². The second-order valence-electron chi connectivity index (χ2n) is 7.35. The Kier molecular flexibility index (Phi) is 4.15. The van der Waals surface area contributed by atoms with Crippen molar-refractivity contribution >= 4 is 50.6 Å². The molecule has 30 heavy (non-hydrogen) atoms. The number of nitrogens with one attached hydrogen (secondary N) is 1. The zero-order valence-electron chi connectivity index (χ0n) is 15.6. The van der Waals surface area contributed by atoms with Gasteiger partial charge in [0, 0.05) is 52.8 Å². The molecule has 4 aromatic rings. The molecule has 1 amide bonds. The number of hydrogen-bond acceptors (Lipinski definition) is 4. The van der Waals surface area contributed by atoms with Gasteiger partial charge in [0.25, 0.3) is 11.6 Å². The molecule has 0 fully saturated rings. The summed E-state index contributed by atoms with van der Waals surface area (Å²) >= 11 is 6.23. The molecular weight excluding hydrogens is 406 g/mol. The van der Waals surface area contributed by atoms with Crippen molar-refractivity contribution in [3.63, 3.8) is 0 Å². The number of halogens is 1. The number of non-ortho nitro benzene ring substituents is 1. The average molecular weight is 422 g/mol. The molecular formula is C22H16ClN3O4. The highest BCUT2D eigenvalue weighted by Crippen LogP contribution is 2.45. The van der Waals surface area contributed by atoms with Crippen LogP contribution in [0.25, 0.3) is 21.7 Å². The lowest BCUT2D eigenvalue weighted by molar-refractivity contribution is -0.384. The minimum Gasteiger partial charge on any atom is -0.507 e. The molecule has 3 aromatic carbocycles. The monoisotopic (exact) mass is 421 g/mol. The largest absolute Gasteiger partial charge is 0.507 e. The van der Waals surface area contributed by atoms with E-state index in [1.54, 1.807) is 23.1 Å². The third kappa shape index (κ3) is 2.70. The molecule has 1 aromatic heterocycles. The van der Waals surface area contributed by atoms with Crippen molar-refractivity contribution in [1.29, 1.82) is 0 Å². The molecule has 1 aliphatic rings. The molecule has 0 bridgehead atoms. The number of nitro groups is 1. The first-order valence-electron chi connectivity index (χ1n) is 9.37. The molecule has 7 nitrogen and oxygen atoms in total. The van der Waals surface area contributed by atoms with Gasteiger partial charge in [0.1, 0.15) is 11.4 Å². The van der Waals surface area contributed by atoms with Crippen molar-refractivity contribution in [2.75, 3.05) is 17.3 Å². The maximum atomic E-state index is 13.3. The van der Waals surface area contributed by atoms with E-state index in [2.05, 4.69) is 4.98 Å². The number of aromatic nitrogens is 1. The number of rotatable bonds is 3. The molecule has 0 saturated heterocycles. The van der Waals surface area contributed by atoms with Gasteiger partial charge in [-0.2, -0.15) is 0 Å². The maximum Gasteiger partial charge on any atom is 0.274 e. The molecule has 150 valence electrons. The Bertz CT molecular complexity index is 1350. The van der Waals surface area contributed by atoms with E-state index in [1.165, 1.54) is 12.1 Å².